The fraction of sp³-hybridized carbons (Fsp3) is 0.733. The highest BCUT2D eigenvalue weighted by molar-refractivity contribution is 5.00. The van der Waals surface area contributed by atoms with Gasteiger partial charge in [0.15, 0.2) is 5.79 Å². The molecule has 19 heavy (non-hydrogen) atoms. The van der Waals surface area contributed by atoms with Crippen molar-refractivity contribution in [2.45, 2.75) is 57.2 Å². The van der Waals surface area contributed by atoms with Crippen molar-refractivity contribution in [3.63, 3.8) is 0 Å². The van der Waals surface area contributed by atoms with Crippen molar-refractivity contribution in [2.24, 2.45) is 5.92 Å². The Balaban J connectivity index is 2.92. The highest BCUT2D eigenvalue weighted by Gasteiger charge is 2.48. The molecule has 3 atom stereocenters. The first-order valence-corrected chi connectivity index (χ1v) is 6.70. The lowest BCUT2D eigenvalue weighted by Crippen LogP contribution is -2.46. The monoisotopic (exact) mass is 270 g/mol. The van der Waals surface area contributed by atoms with Crippen LogP contribution in [0.15, 0.2) is 25.3 Å². The van der Waals surface area contributed by atoms with Crippen molar-refractivity contribution in [1.29, 1.82) is 0 Å². The molecule has 0 saturated carbocycles. The van der Waals surface area contributed by atoms with Gasteiger partial charge in [-0.05, 0) is 26.7 Å². The lowest BCUT2D eigenvalue weighted by atomic mass is 9.78. The van der Waals surface area contributed by atoms with Crippen LogP contribution in [0.5, 0.6) is 0 Å². The lowest BCUT2D eigenvalue weighted by Gasteiger charge is -2.37. The summed E-state index contributed by atoms with van der Waals surface area (Å²) in [5.74, 6) is -0.947. The van der Waals surface area contributed by atoms with Gasteiger partial charge in [-0.1, -0.05) is 19.1 Å². The van der Waals surface area contributed by atoms with Crippen molar-refractivity contribution in [3.8, 4) is 0 Å². The predicted molar refractivity (Wildman–Crippen MR) is 74.7 cm³/mol. The molecule has 110 valence electrons. The molecule has 0 aromatic heterocycles. The van der Waals surface area contributed by atoms with Gasteiger partial charge in [0.2, 0.25) is 0 Å². The van der Waals surface area contributed by atoms with E-state index in [0.717, 1.165) is 0 Å². The third-order valence-electron chi connectivity index (χ3n) is 3.74. The van der Waals surface area contributed by atoms with Crippen LogP contribution in [0.25, 0.3) is 0 Å². The number of aliphatic hydroxyl groups excluding tert-OH is 1. The molecule has 0 bridgehead atoms. The average Bonchev–Trinajstić information content (AvgIpc) is 2.64. The Morgan fingerprint density at radius 3 is 2.21 bits per heavy atom. The smallest absolute Gasteiger partial charge is 0.163 e. The van der Waals surface area contributed by atoms with E-state index in [0.29, 0.717) is 12.8 Å². The molecule has 0 aromatic carbocycles. The summed E-state index contributed by atoms with van der Waals surface area (Å²) in [4.78, 5) is 0. The van der Waals surface area contributed by atoms with Crippen LogP contribution in [-0.4, -0.2) is 40.4 Å². The molecular weight excluding hydrogens is 244 g/mol. The topological polar surface area (TPSA) is 58.9 Å². The molecule has 2 N–H and O–H groups in total. The van der Waals surface area contributed by atoms with Crippen LogP contribution in [0, 0.1) is 5.92 Å². The first-order valence-electron chi connectivity index (χ1n) is 6.70. The summed E-state index contributed by atoms with van der Waals surface area (Å²) in [5.41, 5.74) is -0.981. The minimum atomic E-state index is -0.981. The molecule has 1 fully saturated rings. The van der Waals surface area contributed by atoms with Gasteiger partial charge in [-0.25, -0.2) is 0 Å². The molecule has 0 unspecified atom stereocenters. The quantitative estimate of drug-likeness (QED) is 0.695. The van der Waals surface area contributed by atoms with E-state index in [9.17, 15) is 10.2 Å². The van der Waals surface area contributed by atoms with E-state index < -0.39 is 17.5 Å². The van der Waals surface area contributed by atoms with E-state index in [1.54, 1.807) is 12.2 Å². The predicted octanol–water partition coefficient (Wildman–Crippen LogP) is 2.02. The van der Waals surface area contributed by atoms with Gasteiger partial charge in [0.25, 0.3) is 0 Å². The van der Waals surface area contributed by atoms with E-state index in [4.69, 9.17) is 9.47 Å². The Hall–Kier alpha value is -0.680. The summed E-state index contributed by atoms with van der Waals surface area (Å²) in [6, 6.07) is 0. The first-order chi connectivity index (χ1) is 8.79. The maximum atomic E-state index is 10.8. The first kappa shape index (κ1) is 16.4. The standard InChI is InChI=1S/C15H26O4/c1-6-8-15(17,9-7-2)11(3)13-12(10-16)18-14(4,5)19-13/h6-7,11-13,16-17H,1-2,8-10H2,3-5H3/t11-,12+,13-/m1/s1. The Labute approximate surface area is 115 Å². The number of hydrogen-bond acceptors (Lipinski definition) is 4. The minimum absolute atomic E-state index is 0.128. The third kappa shape index (κ3) is 3.66. The van der Waals surface area contributed by atoms with Crippen molar-refractivity contribution < 1.29 is 19.7 Å². The summed E-state index contributed by atoms with van der Waals surface area (Å²) >= 11 is 0. The second kappa shape index (κ2) is 6.18. The van der Waals surface area contributed by atoms with Crippen molar-refractivity contribution in [2.75, 3.05) is 6.61 Å². The molecule has 1 saturated heterocycles. The van der Waals surface area contributed by atoms with Crippen LogP contribution >= 0.6 is 0 Å². The van der Waals surface area contributed by atoms with Gasteiger partial charge in [-0.3, -0.25) is 0 Å². The number of aliphatic hydroxyl groups is 2. The molecule has 0 amide bonds. The molecule has 0 spiro atoms. The van der Waals surface area contributed by atoms with E-state index in [1.165, 1.54) is 0 Å². The summed E-state index contributed by atoms with van der Waals surface area (Å²) in [6.45, 7) is 12.8. The van der Waals surface area contributed by atoms with Crippen LogP contribution in [0.2, 0.25) is 0 Å². The normalized spacial score (nSPS) is 28.1. The summed E-state index contributed by atoms with van der Waals surface area (Å²) in [7, 11) is 0. The highest BCUT2D eigenvalue weighted by atomic mass is 16.8. The number of hydrogen-bond donors (Lipinski definition) is 2. The molecule has 1 rings (SSSR count). The second-order valence-electron chi connectivity index (χ2n) is 5.70. The van der Waals surface area contributed by atoms with Crippen LogP contribution in [-0.2, 0) is 9.47 Å². The molecular formula is C15H26O4. The van der Waals surface area contributed by atoms with Gasteiger partial charge in [0.05, 0.1) is 18.3 Å². The zero-order valence-corrected chi connectivity index (χ0v) is 12.1. The van der Waals surface area contributed by atoms with Gasteiger partial charge in [0, 0.05) is 5.92 Å². The van der Waals surface area contributed by atoms with Crippen LogP contribution in [0.4, 0.5) is 0 Å². The van der Waals surface area contributed by atoms with E-state index in [-0.39, 0.29) is 18.6 Å². The molecule has 4 nitrogen and oxygen atoms in total. The summed E-state index contributed by atoms with van der Waals surface area (Å²) < 4.78 is 11.5. The second-order valence-corrected chi connectivity index (χ2v) is 5.70. The highest BCUT2D eigenvalue weighted by Crippen LogP contribution is 2.38. The zero-order chi connectivity index (χ0) is 14.7. The Morgan fingerprint density at radius 2 is 1.79 bits per heavy atom. The van der Waals surface area contributed by atoms with Crippen LogP contribution in [0.1, 0.15) is 33.6 Å². The molecule has 4 heteroatoms. The maximum absolute atomic E-state index is 10.8. The molecule has 1 aliphatic rings. The fourth-order valence-electron chi connectivity index (χ4n) is 2.69. The number of ether oxygens (including phenoxy) is 2. The molecule has 0 aliphatic carbocycles. The molecule has 1 aliphatic heterocycles. The fourth-order valence-corrected chi connectivity index (χ4v) is 2.69. The van der Waals surface area contributed by atoms with Gasteiger partial charge in [-0.2, -0.15) is 0 Å². The van der Waals surface area contributed by atoms with Crippen molar-refractivity contribution in [1.82, 2.24) is 0 Å². The zero-order valence-electron chi connectivity index (χ0n) is 12.1. The van der Waals surface area contributed by atoms with Gasteiger partial charge in [-0.15, -0.1) is 13.2 Å². The van der Waals surface area contributed by atoms with E-state index in [1.807, 2.05) is 20.8 Å². The van der Waals surface area contributed by atoms with Crippen molar-refractivity contribution >= 4 is 0 Å². The lowest BCUT2D eigenvalue weighted by molar-refractivity contribution is -0.160. The van der Waals surface area contributed by atoms with E-state index in [2.05, 4.69) is 13.2 Å². The van der Waals surface area contributed by atoms with Crippen LogP contribution in [0.3, 0.4) is 0 Å². The maximum Gasteiger partial charge on any atom is 0.163 e. The molecule has 0 aromatic rings. The Morgan fingerprint density at radius 1 is 1.26 bits per heavy atom. The summed E-state index contributed by atoms with van der Waals surface area (Å²) in [6.07, 6.45) is 3.48. The van der Waals surface area contributed by atoms with Gasteiger partial charge >= 0.3 is 0 Å². The molecule has 0 radical (unpaired) electrons. The largest absolute Gasteiger partial charge is 0.394 e. The Bertz CT molecular complexity index is 314. The van der Waals surface area contributed by atoms with E-state index >= 15 is 0 Å². The SMILES string of the molecule is C=CCC(O)(CC=C)[C@H](C)[C@H]1OC(C)(C)O[C@H]1CO. The third-order valence-corrected chi connectivity index (χ3v) is 3.74. The minimum Gasteiger partial charge on any atom is -0.394 e. The summed E-state index contributed by atoms with van der Waals surface area (Å²) in [5, 5.41) is 20.2. The molecule has 1 heterocycles. The van der Waals surface area contributed by atoms with Crippen molar-refractivity contribution in [3.05, 3.63) is 25.3 Å². The average molecular weight is 270 g/mol. The number of rotatable bonds is 7. The van der Waals surface area contributed by atoms with Gasteiger partial charge < -0.3 is 19.7 Å². The van der Waals surface area contributed by atoms with Crippen LogP contribution < -0.4 is 0 Å². The van der Waals surface area contributed by atoms with Gasteiger partial charge in [0.1, 0.15) is 6.10 Å². The Kier molecular flexibility index (Phi) is 5.33.